The molecule has 31 heavy (non-hydrogen) atoms. The van der Waals surface area contributed by atoms with Crippen LogP contribution in [0.5, 0.6) is 0 Å². The quantitative estimate of drug-likeness (QED) is 0.426. The van der Waals surface area contributed by atoms with E-state index < -0.39 is 0 Å². The van der Waals surface area contributed by atoms with E-state index in [1.807, 2.05) is 39.0 Å². The first-order valence-electron chi connectivity index (χ1n) is 9.70. The summed E-state index contributed by atoms with van der Waals surface area (Å²) in [6, 6.07) is 12.6. The number of nitrogens with zero attached hydrogens (tertiary/aromatic N) is 3. The highest BCUT2D eigenvalue weighted by atomic mass is 35.5. The van der Waals surface area contributed by atoms with E-state index in [1.54, 1.807) is 36.7 Å². The SMILES string of the molecule is Cc1cc(C(C)Nc2ccc(Cl)nc2C)c2oc(-c3cccnc3)c(C#N)c(=O)c2c1. The Labute approximate surface area is 184 Å². The van der Waals surface area contributed by atoms with Crippen molar-refractivity contribution in [3.63, 3.8) is 0 Å². The van der Waals surface area contributed by atoms with E-state index >= 15 is 0 Å². The fourth-order valence-corrected chi connectivity index (χ4v) is 3.78. The number of nitrogens with one attached hydrogen (secondary N) is 1. The Morgan fingerprint density at radius 3 is 2.71 bits per heavy atom. The summed E-state index contributed by atoms with van der Waals surface area (Å²) in [5.41, 5.74) is 3.91. The Hall–Kier alpha value is -3.69. The van der Waals surface area contributed by atoms with Crippen LogP contribution in [0, 0.1) is 25.2 Å². The maximum absolute atomic E-state index is 13.2. The van der Waals surface area contributed by atoms with Crippen molar-refractivity contribution in [2.45, 2.75) is 26.8 Å². The molecule has 3 heterocycles. The maximum atomic E-state index is 13.2. The molecule has 6 nitrogen and oxygen atoms in total. The summed E-state index contributed by atoms with van der Waals surface area (Å²) < 4.78 is 6.21. The first kappa shape index (κ1) is 20.6. The second kappa shape index (κ2) is 8.21. The molecule has 0 bridgehead atoms. The van der Waals surface area contributed by atoms with Crippen LogP contribution in [-0.2, 0) is 0 Å². The number of aromatic nitrogens is 2. The van der Waals surface area contributed by atoms with Gasteiger partial charge in [-0.05, 0) is 56.7 Å². The Morgan fingerprint density at radius 2 is 2.03 bits per heavy atom. The van der Waals surface area contributed by atoms with Gasteiger partial charge in [0.25, 0.3) is 0 Å². The molecule has 1 unspecified atom stereocenters. The number of benzene rings is 1. The molecule has 0 saturated carbocycles. The normalized spacial score (nSPS) is 11.8. The van der Waals surface area contributed by atoms with E-state index in [-0.39, 0.29) is 22.8 Å². The highest BCUT2D eigenvalue weighted by Crippen LogP contribution is 2.32. The van der Waals surface area contributed by atoms with Crippen molar-refractivity contribution in [2.75, 3.05) is 5.32 Å². The number of anilines is 1. The van der Waals surface area contributed by atoms with E-state index in [2.05, 4.69) is 15.3 Å². The number of rotatable bonds is 4. The number of hydrogen-bond donors (Lipinski definition) is 1. The minimum atomic E-state index is -0.357. The van der Waals surface area contributed by atoms with Gasteiger partial charge in [-0.15, -0.1) is 0 Å². The molecule has 4 rings (SSSR count). The number of hydrogen-bond acceptors (Lipinski definition) is 6. The maximum Gasteiger partial charge on any atom is 0.211 e. The van der Waals surface area contributed by atoms with Gasteiger partial charge in [0.1, 0.15) is 22.4 Å². The number of nitriles is 1. The summed E-state index contributed by atoms with van der Waals surface area (Å²) in [6.07, 6.45) is 3.20. The molecule has 154 valence electrons. The molecule has 3 aromatic heterocycles. The molecule has 1 atom stereocenters. The summed E-state index contributed by atoms with van der Waals surface area (Å²) in [7, 11) is 0. The van der Waals surface area contributed by atoms with Crippen LogP contribution in [0.3, 0.4) is 0 Å². The van der Waals surface area contributed by atoms with Crippen LogP contribution < -0.4 is 10.7 Å². The molecule has 1 aromatic carbocycles. The van der Waals surface area contributed by atoms with Crippen molar-refractivity contribution in [1.82, 2.24) is 9.97 Å². The lowest BCUT2D eigenvalue weighted by atomic mass is 9.99. The zero-order valence-corrected chi connectivity index (χ0v) is 18.0. The third-order valence-corrected chi connectivity index (χ3v) is 5.30. The summed E-state index contributed by atoms with van der Waals surface area (Å²) in [4.78, 5) is 21.5. The highest BCUT2D eigenvalue weighted by Gasteiger charge is 2.21. The fourth-order valence-electron chi connectivity index (χ4n) is 3.59. The number of aryl methyl sites for hydroxylation is 2. The van der Waals surface area contributed by atoms with Crippen molar-refractivity contribution in [1.29, 1.82) is 5.26 Å². The largest absolute Gasteiger partial charge is 0.454 e. The van der Waals surface area contributed by atoms with Crippen LogP contribution in [0.2, 0.25) is 5.15 Å². The zero-order valence-electron chi connectivity index (χ0n) is 17.2. The highest BCUT2D eigenvalue weighted by molar-refractivity contribution is 6.29. The van der Waals surface area contributed by atoms with E-state index in [9.17, 15) is 10.1 Å². The summed E-state index contributed by atoms with van der Waals surface area (Å²) in [6.45, 7) is 5.75. The molecule has 0 radical (unpaired) electrons. The predicted molar refractivity (Wildman–Crippen MR) is 121 cm³/mol. The monoisotopic (exact) mass is 430 g/mol. The number of pyridine rings is 2. The van der Waals surface area contributed by atoms with E-state index in [0.29, 0.717) is 21.7 Å². The van der Waals surface area contributed by atoms with Gasteiger partial charge in [0.15, 0.2) is 5.76 Å². The molecule has 4 aromatic rings. The van der Waals surface area contributed by atoms with E-state index in [4.69, 9.17) is 16.0 Å². The van der Waals surface area contributed by atoms with Crippen LogP contribution in [0.25, 0.3) is 22.3 Å². The fraction of sp³-hybridized carbons (Fsp3) is 0.167. The second-order valence-corrected chi connectivity index (χ2v) is 7.74. The molecule has 0 fully saturated rings. The Bertz CT molecular complexity index is 1390. The van der Waals surface area contributed by atoms with Gasteiger partial charge in [0, 0.05) is 23.5 Å². The van der Waals surface area contributed by atoms with Gasteiger partial charge in [-0.3, -0.25) is 9.78 Å². The van der Waals surface area contributed by atoms with Gasteiger partial charge in [-0.1, -0.05) is 17.7 Å². The average molecular weight is 431 g/mol. The molecule has 0 amide bonds. The average Bonchev–Trinajstić information content (AvgIpc) is 2.76. The van der Waals surface area contributed by atoms with Crippen LogP contribution in [-0.4, -0.2) is 9.97 Å². The minimum absolute atomic E-state index is 0.0320. The Balaban J connectivity index is 1.92. The third kappa shape index (κ3) is 3.88. The lowest BCUT2D eigenvalue weighted by Crippen LogP contribution is -2.13. The number of fused-ring (bicyclic) bond motifs is 1. The Morgan fingerprint density at radius 1 is 1.23 bits per heavy atom. The molecule has 0 aliphatic rings. The van der Waals surface area contributed by atoms with E-state index in [0.717, 1.165) is 22.5 Å². The van der Waals surface area contributed by atoms with Gasteiger partial charge >= 0.3 is 0 Å². The molecule has 1 N–H and O–H groups in total. The lowest BCUT2D eigenvalue weighted by molar-refractivity contribution is 0.608. The minimum Gasteiger partial charge on any atom is -0.454 e. The predicted octanol–water partition coefficient (Wildman–Crippen LogP) is 5.57. The van der Waals surface area contributed by atoms with Crippen molar-refractivity contribution in [2.24, 2.45) is 0 Å². The second-order valence-electron chi connectivity index (χ2n) is 7.35. The lowest BCUT2D eigenvalue weighted by Gasteiger charge is -2.19. The molecular weight excluding hydrogens is 412 g/mol. The van der Waals surface area contributed by atoms with E-state index in [1.165, 1.54) is 0 Å². The van der Waals surface area contributed by atoms with Crippen molar-refractivity contribution in [3.05, 3.63) is 86.6 Å². The smallest absolute Gasteiger partial charge is 0.211 e. The van der Waals surface area contributed by atoms with Gasteiger partial charge in [0.2, 0.25) is 5.43 Å². The molecule has 0 aliphatic carbocycles. The van der Waals surface area contributed by atoms with Crippen molar-refractivity contribution >= 4 is 28.3 Å². The summed E-state index contributed by atoms with van der Waals surface area (Å²) in [5, 5.41) is 13.9. The van der Waals surface area contributed by atoms with Crippen LogP contribution in [0.15, 0.2) is 58.0 Å². The Kier molecular flexibility index (Phi) is 5.45. The number of halogens is 1. The van der Waals surface area contributed by atoms with Crippen molar-refractivity contribution < 1.29 is 4.42 Å². The standard InChI is InChI=1S/C24H19ClN4O2/c1-13-9-17(14(2)28-20-6-7-21(25)29-15(20)3)24-18(10-13)22(30)19(11-26)23(31-24)16-5-4-8-27-12-16/h4-10,12,14,28H,1-3H3. The van der Waals surface area contributed by atoms with Crippen LogP contribution in [0.1, 0.15) is 35.3 Å². The van der Waals surface area contributed by atoms with Crippen LogP contribution in [0.4, 0.5) is 5.69 Å². The molecular formula is C24H19ClN4O2. The molecule has 0 saturated heterocycles. The van der Waals surface area contributed by atoms with Gasteiger partial charge in [0.05, 0.1) is 22.8 Å². The van der Waals surface area contributed by atoms with Crippen molar-refractivity contribution in [3.8, 4) is 17.4 Å². The van der Waals surface area contributed by atoms with Gasteiger partial charge in [-0.25, -0.2) is 4.98 Å². The van der Waals surface area contributed by atoms with Gasteiger partial charge in [-0.2, -0.15) is 5.26 Å². The topological polar surface area (TPSA) is 91.8 Å². The first-order chi connectivity index (χ1) is 14.9. The van der Waals surface area contributed by atoms with Crippen LogP contribution >= 0.6 is 11.6 Å². The summed E-state index contributed by atoms with van der Waals surface area (Å²) >= 11 is 5.97. The molecule has 0 aliphatic heterocycles. The molecule has 7 heteroatoms. The molecule has 0 spiro atoms. The summed E-state index contributed by atoms with van der Waals surface area (Å²) in [5.74, 6) is 0.217. The van der Waals surface area contributed by atoms with Gasteiger partial charge < -0.3 is 9.73 Å². The first-order valence-corrected chi connectivity index (χ1v) is 10.1. The third-order valence-electron chi connectivity index (χ3n) is 5.09. The zero-order chi connectivity index (χ0) is 22.1.